The Balaban J connectivity index is 1.43. The molecule has 1 aliphatic carbocycles. The SMILES string of the molecule is CNCCN(C)C1=CC2=C(CC1)CC(NC(=O)c1sc3nc(C)ccc3c1N)CO2. The van der Waals surface area contributed by atoms with E-state index in [1.165, 1.54) is 22.6 Å². The van der Waals surface area contributed by atoms with Gasteiger partial charge in [0.2, 0.25) is 0 Å². The van der Waals surface area contributed by atoms with E-state index in [2.05, 4.69) is 33.6 Å². The third kappa shape index (κ3) is 4.15. The van der Waals surface area contributed by atoms with Crippen LogP contribution in [-0.2, 0) is 4.74 Å². The Labute approximate surface area is 181 Å². The highest BCUT2D eigenvalue weighted by Crippen LogP contribution is 2.34. The van der Waals surface area contributed by atoms with E-state index in [9.17, 15) is 4.79 Å². The zero-order valence-corrected chi connectivity index (χ0v) is 18.6. The smallest absolute Gasteiger partial charge is 0.263 e. The van der Waals surface area contributed by atoms with E-state index in [0.717, 1.165) is 54.0 Å². The van der Waals surface area contributed by atoms with Crippen LogP contribution in [0.4, 0.5) is 5.69 Å². The van der Waals surface area contributed by atoms with Gasteiger partial charge in [-0.25, -0.2) is 4.98 Å². The molecule has 0 saturated heterocycles. The van der Waals surface area contributed by atoms with Crippen LogP contribution in [0.1, 0.15) is 34.6 Å². The first kappa shape index (κ1) is 20.7. The second kappa shape index (κ2) is 8.65. The Hall–Kier alpha value is -2.58. The van der Waals surface area contributed by atoms with Crippen LogP contribution in [0.5, 0.6) is 0 Å². The van der Waals surface area contributed by atoms with Gasteiger partial charge in [-0.3, -0.25) is 4.79 Å². The highest BCUT2D eigenvalue weighted by atomic mass is 32.1. The van der Waals surface area contributed by atoms with E-state index in [0.29, 0.717) is 17.2 Å². The maximum absolute atomic E-state index is 12.9. The number of pyridine rings is 1. The van der Waals surface area contributed by atoms with Crippen molar-refractivity contribution in [1.82, 2.24) is 20.5 Å². The lowest BCUT2D eigenvalue weighted by atomic mass is 9.93. The molecule has 4 N–H and O–H groups in total. The summed E-state index contributed by atoms with van der Waals surface area (Å²) >= 11 is 1.35. The molecule has 0 fully saturated rings. The molecule has 0 aromatic carbocycles. The molecule has 0 saturated carbocycles. The van der Waals surface area contributed by atoms with Crippen LogP contribution >= 0.6 is 11.3 Å². The number of nitrogens with two attached hydrogens (primary N) is 1. The van der Waals surface area contributed by atoms with Crippen LogP contribution in [0.25, 0.3) is 10.2 Å². The summed E-state index contributed by atoms with van der Waals surface area (Å²) in [5.41, 5.74) is 10.2. The zero-order valence-electron chi connectivity index (χ0n) is 17.7. The lowest BCUT2D eigenvalue weighted by molar-refractivity contribution is 0.0892. The number of hydrogen-bond acceptors (Lipinski definition) is 7. The molecule has 1 aliphatic heterocycles. The number of aromatic nitrogens is 1. The molecular formula is C22H29N5O2S. The average Bonchev–Trinajstić information content (AvgIpc) is 3.07. The molecule has 1 unspecified atom stereocenters. The molecule has 1 amide bonds. The molecule has 0 bridgehead atoms. The van der Waals surface area contributed by atoms with Crippen LogP contribution in [-0.4, -0.2) is 55.6 Å². The highest BCUT2D eigenvalue weighted by molar-refractivity contribution is 7.21. The van der Waals surface area contributed by atoms with Crippen molar-refractivity contribution in [3.8, 4) is 0 Å². The first-order chi connectivity index (χ1) is 14.5. The Morgan fingerprint density at radius 3 is 3.03 bits per heavy atom. The van der Waals surface area contributed by atoms with Gasteiger partial charge in [0.1, 0.15) is 22.1 Å². The number of carbonyl (C=O) groups is 1. The number of nitrogens with zero attached hydrogens (tertiary/aromatic N) is 2. The lowest BCUT2D eigenvalue weighted by Gasteiger charge is -2.32. The van der Waals surface area contributed by atoms with E-state index in [1.807, 2.05) is 26.1 Å². The highest BCUT2D eigenvalue weighted by Gasteiger charge is 2.27. The third-order valence-corrected chi connectivity index (χ3v) is 6.84. The number of ether oxygens (including phenoxy) is 1. The molecule has 4 rings (SSSR count). The number of anilines is 1. The van der Waals surface area contributed by atoms with Gasteiger partial charge >= 0.3 is 0 Å². The van der Waals surface area contributed by atoms with E-state index < -0.39 is 0 Å². The van der Waals surface area contributed by atoms with Crippen molar-refractivity contribution >= 4 is 33.1 Å². The average molecular weight is 428 g/mol. The molecule has 2 aliphatic rings. The van der Waals surface area contributed by atoms with Gasteiger partial charge < -0.3 is 26.0 Å². The van der Waals surface area contributed by atoms with Gasteiger partial charge in [-0.2, -0.15) is 0 Å². The molecule has 8 heteroatoms. The van der Waals surface area contributed by atoms with Crippen molar-refractivity contribution in [2.24, 2.45) is 0 Å². The molecule has 2 aromatic heterocycles. The summed E-state index contributed by atoms with van der Waals surface area (Å²) in [6.07, 6.45) is 4.93. The molecule has 3 heterocycles. The van der Waals surface area contributed by atoms with E-state index in [1.54, 1.807) is 0 Å². The number of nitrogen functional groups attached to an aromatic ring is 1. The van der Waals surface area contributed by atoms with Crippen molar-refractivity contribution in [1.29, 1.82) is 0 Å². The first-order valence-electron chi connectivity index (χ1n) is 10.3. The summed E-state index contributed by atoms with van der Waals surface area (Å²) in [6.45, 7) is 4.32. The summed E-state index contributed by atoms with van der Waals surface area (Å²) in [5.74, 6) is 0.823. The number of fused-ring (bicyclic) bond motifs is 1. The first-order valence-corrected chi connectivity index (χ1v) is 11.2. The van der Waals surface area contributed by atoms with Crippen molar-refractivity contribution in [2.45, 2.75) is 32.2 Å². The summed E-state index contributed by atoms with van der Waals surface area (Å²) in [5, 5.41) is 7.13. The van der Waals surface area contributed by atoms with Crippen molar-refractivity contribution in [2.75, 3.05) is 39.5 Å². The van der Waals surface area contributed by atoms with Crippen molar-refractivity contribution in [3.63, 3.8) is 0 Å². The summed E-state index contributed by atoms with van der Waals surface area (Å²) in [6, 6.07) is 3.80. The fourth-order valence-corrected chi connectivity index (χ4v) is 4.99. The minimum atomic E-state index is -0.148. The van der Waals surface area contributed by atoms with Crippen LogP contribution in [0, 0.1) is 6.92 Å². The Morgan fingerprint density at radius 1 is 1.40 bits per heavy atom. The number of nitrogens with one attached hydrogen (secondary N) is 2. The molecular weight excluding hydrogens is 398 g/mol. The Kier molecular flexibility index (Phi) is 5.97. The number of allylic oxidation sites excluding steroid dienone is 2. The maximum Gasteiger partial charge on any atom is 0.263 e. The standard InChI is InChI=1S/C22H29N5O2S/c1-13-4-7-17-19(23)20(30-22(17)25-13)21(28)26-15-10-14-5-6-16(11-18(14)29-12-15)27(3)9-8-24-2/h4,7,11,15,24H,5-6,8-10,12,23H2,1-3H3,(H,26,28). The predicted octanol–water partition coefficient (Wildman–Crippen LogP) is 2.79. The van der Waals surface area contributed by atoms with Gasteiger partial charge in [0.15, 0.2) is 0 Å². The van der Waals surface area contributed by atoms with Gasteiger partial charge in [-0.05, 0) is 57.0 Å². The maximum atomic E-state index is 12.9. The fraction of sp³-hybridized carbons (Fsp3) is 0.455. The quantitative estimate of drug-likeness (QED) is 0.657. The number of hydrogen-bond donors (Lipinski definition) is 3. The molecule has 0 spiro atoms. The van der Waals surface area contributed by atoms with Gasteiger partial charge in [0, 0.05) is 36.9 Å². The van der Waals surface area contributed by atoms with Crippen molar-refractivity contribution < 1.29 is 9.53 Å². The molecule has 0 radical (unpaired) electrons. The largest absolute Gasteiger partial charge is 0.491 e. The van der Waals surface area contributed by atoms with Crippen LogP contribution in [0.15, 0.2) is 35.2 Å². The molecule has 160 valence electrons. The van der Waals surface area contributed by atoms with Gasteiger partial charge in [0.25, 0.3) is 5.91 Å². The van der Waals surface area contributed by atoms with Gasteiger partial charge in [0.05, 0.1) is 11.7 Å². The predicted molar refractivity (Wildman–Crippen MR) is 121 cm³/mol. The van der Waals surface area contributed by atoms with Crippen LogP contribution < -0.4 is 16.4 Å². The topological polar surface area (TPSA) is 92.5 Å². The Morgan fingerprint density at radius 2 is 2.23 bits per heavy atom. The number of aryl methyl sites for hydroxylation is 1. The summed E-state index contributed by atoms with van der Waals surface area (Å²) in [7, 11) is 4.08. The van der Waals surface area contributed by atoms with Crippen LogP contribution in [0.2, 0.25) is 0 Å². The monoisotopic (exact) mass is 427 g/mol. The second-order valence-corrected chi connectivity index (χ2v) is 8.96. The molecule has 1 atom stereocenters. The summed E-state index contributed by atoms with van der Waals surface area (Å²) < 4.78 is 6.03. The zero-order chi connectivity index (χ0) is 21.3. The number of rotatable bonds is 6. The minimum absolute atomic E-state index is 0.0486. The van der Waals surface area contributed by atoms with E-state index in [-0.39, 0.29) is 11.9 Å². The van der Waals surface area contributed by atoms with E-state index in [4.69, 9.17) is 10.5 Å². The number of thiophene rings is 1. The molecule has 2 aromatic rings. The number of amides is 1. The number of carbonyl (C=O) groups excluding carboxylic acids is 1. The molecule has 30 heavy (non-hydrogen) atoms. The minimum Gasteiger partial charge on any atom is -0.491 e. The third-order valence-electron chi connectivity index (χ3n) is 5.72. The fourth-order valence-electron chi connectivity index (χ4n) is 3.95. The van der Waals surface area contributed by atoms with Crippen LogP contribution in [0.3, 0.4) is 0 Å². The number of likely N-dealkylation sites (N-methyl/N-ethyl adjacent to an activating group) is 2. The van der Waals surface area contributed by atoms with Crippen molar-refractivity contribution in [3.05, 3.63) is 45.8 Å². The Bertz CT molecular complexity index is 1030. The van der Waals surface area contributed by atoms with Gasteiger partial charge in [-0.15, -0.1) is 11.3 Å². The normalized spacial score (nSPS) is 18.6. The second-order valence-electron chi connectivity index (χ2n) is 7.96. The summed E-state index contributed by atoms with van der Waals surface area (Å²) in [4.78, 5) is 21.0. The van der Waals surface area contributed by atoms with E-state index >= 15 is 0 Å². The van der Waals surface area contributed by atoms with Gasteiger partial charge in [-0.1, -0.05) is 0 Å². The molecule has 7 nitrogen and oxygen atoms in total. The lowest BCUT2D eigenvalue weighted by Crippen LogP contribution is -2.41.